The maximum absolute atomic E-state index is 13.1. The maximum Gasteiger partial charge on any atom is 0.249 e. The van der Waals surface area contributed by atoms with Gasteiger partial charge in [-0.05, 0) is 37.1 Å². The van der Waals surface area contributed by atoms with Crippen molar-refractivity contribution in [1.82, 2.24) is 14.9 Å². The Hall–Kier alpha value is -2.38. The predicted molar refractivity (Wildman–Crippen MR) is 96.4 cm³/mol. The van der Waals surface area contributed by atoms with Crippen molar-refractivity contribution in [2.75, 3.05) is 26.9 Å². The predicted octanol–water partition coefficient (Wildman–Crippen LogP) is 2.53. The minimum absolute atomic E-state index is 0.00636. The van der Waals surface area contributed by atoms with E-state index in [0.717, 1.165) is 29.7 Å². The first-order valence-corrected chi connectivity index (χ1v) is 9.17. The standard InChI is InChI=1S/C20H22FN3O3/c1-26-8-9-27-12-19(25)24-15-6-7-18(24)16-11-22-20(23-17(16)10-15)13-2-4-14(21)5-3-13/h2-5,11,15,18H,6-10,12H2,1H3/t15-,18+/m0/s1. The molecule has 0 aliphatic carbocycles. The summed E-state index contributed by atoms with van der Waals surface area (Å²) in [6.45, 7) is 0.954. The van der Waals surface area contributed by atoms with E-state index in [1.165, 1.54) is 12.1 Å². The molecule has 7 heteroatoms. The van der Waals surface area contributed by atoms with E-state index in [0.29, 0.717) is 25.5 Å². The minimum Gasteiger partial charge on any atom is -0.382 e. The zero-order valence-corrected chi connectivity index (χ0v) is 15.2. The van der Waals surface area contributed by atoms with E-state index in [4.69, 9.17) is 14.5 Å². The van der Waals surface area contributed by atoms with Crippen LogP contribution in [-0.2, 0) is 20.7 Å². The summed E-state index contributed by atoms with van der Waals surface area (Å²) in [5, 5.41) is 0. The van der Waals surface area contributed by atoms with Gasteiger partial charge in [-0.25, -0.2) is 14.4 Å². The van der Waals surface area contributed by atoms with Gasteiger partial charge in [0.1, 0.15) is 12.4 Å². The molecule has 4 rings (SSSR count). The Kier molecular flexibility index (Phi) is 5.13. The lowest BCUT2D eigenvalue weighted by Crippen LogP contribution is -2.44. The molecule has 1 fully saturated rings. The fourth-order valence-corrected chi connectivity index (χ4v) is 3.97. The van der Waals surface area contributed by atoms with Crippen molar-refractivity contribution in [1.29, 1.82) is 0 Å². The molecule has 1 aromatic heterocycles. The molecule has 2 aliphatic rings. The van der Waals surface area contributed by atoms with E-state index in [-0.39, 0.29) is 30.4 Å². The van der Waals surface area contributed by atoms with Crippen LogP contribution in [0.2, 0.25) is 0 Å². The Morgan fingerprint density at radius 3 is 2.85 bits per heavy atom. The zero-order valence-electron chi connectivity index (χ0n) is 15.2. The van der Waals surface area contributed by atoms with Gasteiger partial charge in [0, 0.05) is 36.9 Å². The quantitative estimate of drug-likeness (QED) is 0.730. The van der Waals surface area contributed by atoms with Crippen LogP contribution >= 0.6 is 0 Å². The van der Waals surface area contributed by atoms with Gasteiger partial charge in [-0.1, -0.05) is 0 Å². The number of rotatable bonds is 6. The van der Waals surface area contributed by atoms with Crippen LogP contribution in [0.1, 0.15) is 30.1 Å². The van der Waals surface area contributed by atoms with Gasteiger partial charge >= 0.3 is 0 Å². The Labute approximate surface area is 157 Å². The lowest BCUT2D eigenvalue weighted by molar-refractivity contribution is -0.140. The number of benzene rings is 1. The van der Waals surface area contributed by atoms with Crippen molar-refractivity contribution in [3.05, 3.63) is 47.5 Å². The second-order valence-electron chi connectivity index (χ2n) is 6.90. The highest BCUT2D eigenvalue weighted by Gasteiger charge is 2.43. The van der Waals surface area contributed by atoms with Gasteiger partial charge < -0.3 is 14.4 Å². The smallest absolute Gasteiger partial charge is 0.249 e. The van der Waals surface area contributed by atoms with Crippen molar-refractivity contribution in [3.63, 3.8) is 0 Å². The Morgan fingerprint density at radius 2 is 2.07 bits per heavy atom. The third-order valence-electron chi connectivity index (χ3n) is 5.24. The van der Waals surface area contributed by atoms with Crippen LogP contribution in [0.15, 0.2) is 30.5 Å². The third-order valence-corrected chi connectivity index (χ3v) is 5.24. The van der Waals surface area contributed by atoms with Crippen LogP contribution in [-0.4, -0.2) is 53.7 Å². The molecule has 27 heavy (non-hydrogen) atoms. The van der Waals surface area contributed by atoms with Gasteiger partial charge in [0.25, 0.3) is 0 Å². The van der Waals surface area contributed by atoms with E-state index >= 15 is 0 Å². The number of hydrogen-bond acceptors (Lipinski definition) is 5. The van der Waals surface area contributed by atoms with Crippen LogP contribution in [0.3, 0.4) is 0 Å². The molecule has 0 saturated carbocycles. The van der Waals surface area contributed by atoms with Gasteiger partial charge in [0.15, 0.2) is 5.82 Å². The summed E-state index contributed by atoms with van der Waals surface area (Å²) in [5.74, 6) is 0.319. The van der Waals surface area contributed by atoms with Crippen molar-refractivity contribution in [2.45, 2.75) is 31.3 Å². The molecule has 142 valence electrons. The normalized spacial score (nSPS) is 20.6. The monoisotopic (exact) mass is 371 g/mol. The topological polar surface area (TPSA) is 64.6 Å². The average molecular weight is 371 g/mol. The molecule has 0 N–H and O–H groups in total. The minimum atomic E-state index is -0.281. The molecule has 1 amide bonds. The summed E-state index contributed by atoms with van der Waals surface area (Å²) in [4.78, 5) is 23.8. The Balaban J connectivity index is 1.52. The zero-order chi connectivity index (χ0) is 18.8. The Morgan fingerprint density at radius 1 is 1.26 bits per heavy atom. The van der Waals surface area contributed by atoms with Crippen LogP contribution in [0.5, 0.6) is 0 Å². The second-order valence-corrected chi connectivity index (χ2v) is 6.90. The molecule has 1 saturated heterocycles. The van der Waals surface area contributed by atoms with E-state index in [2.05, 4.69) is 4.98 Å². The van der Waals surface area contributed by atoms with Crippen LogP contribution in [0.4, 0.5) is 4.39 Å². The highest BCUT2D eigenvalue weighted by atomic mass is 19.1. The number of ether oxygens (including phenoxy) is 2. The number of carbonyl (C=O) groups excluding carboxylic acids is 1. The van der Waals surface area contributed by atoms with E-state index in [1.807, 2.05) is 11.1 Å². The highest BCUT2D eigenvalue weighted by Crippen LogP contribution is 2.43. The number of methoxy groups -OCH3 is 1. The number of carbonyl (C=O) groups is 1. The SMILES string of the molecule is COCCOCC(=O)N1[C@H]2CC[C@@H]1c1cnc(-c3ccc(F)cc3)nc1C2. The Bertz CT molecular complexity index is 828. The molecule has 2 aliphatic heterocycles. The van der Waals surface area contributed by atoms with Gasteiger partial charge in [-0.2, -0.15) is 0 Å². The molecule has 2 aromatic rings. The van der Waals surface area contributed by atoms with Gasteiger partial charge in [-0.15, -0.1) is 0 Å². The molecule has 1 aromatic carbocycles. The van der Waals surface area contributed by atoms with Crippen LogP contribution in [0, 0.1) is 5.82 Å². The van der Waals surface area contributed by atoms with Gasteiger partial charge in [0.2, 0.25) is 5.91 Å². The highest BCUT2D eigenvalue weighted by molar-refractivity contribution is 5.79. The summed E-state index contributed by atoms with van der Waals surface area (Å²) < 4.78 is 23.5. The summed E-state index contributed by atoms with van der Waals surface area (Å²) in [7, 11) is 1.60. The maximum atomic E-state index is 13.1. The van der Waals surface area contributed by atoms with E-state index < -0.39 is 0 Å². The molecule has 0 unspecified atom stereocenters. The number of nitrogens with zero attached hydrogens (tertiary/aromatic N) is 3. The fraction of sp³-hybridized carbons (Fsp3) is 0.450. The fourth-order valence-electron chi connectivity index (χ4n) is 3.97. The lowest BCUT2D eigenvalue weighted by atomic mass is 9.99. The van der Waals surface area contributed by atoms with Gasteiger partial charge in [0.05, 0.1) is 24.9 Å². The number of amides is 1. The molecule has 2 bridgehead atoms. The van der Waals surface area contributed by atoms with E-state index in [1.54, 1.807) is 19.2 Å². The first kappa shape index (κ1) is 18.0. The first-order chi connectivity index (χ1) is 13.2. The van der Waals surface area contributed by atoms with Crippen LogP contribution in [0.25, 0.3) is 11.4 Å². The van der Waals surface area contributed by atoms with Crippen molar-refractivity contribution >= 4 is 5.91 Å². The number of fused-ring (bicyclic) bond motifs is 4. The van der Waals surface area contributed by atoms with Crippen LogP contribution < -0.4 is 0 Å². The summed E-state index contributed by atoms with van der Waals surface area (Å²) in [5.41, 5.74) is 2.79. The van der Waals surface area contributed by atoms with Crippen molar-refractivity contribution < 1.29 is 18.7 Å². The second kappa shape index (κ2) is 7.70. The summed E-state index contributed by atoms with van der Waals surface area (Å²) in [6, 6.07) is 6.35. The number of hydrogen-bond donors (Lipinski definition) is 0. The van der Waals surface area contributed by atoms with Crippen molar-refractivity contribution in [2.24, 2.45) is 0 Å². The first-order valence-electron chi connectivity index (χ1n) is 9.17. The molecular formula is C20H22FN3O3. The summed E-state index contributed by atoms with van der Waals surface area (Å²) >= 11 is 0. The van der Waals surface area contributed by atoms with Gasteiger partial charge in [-0.3, -0.25) is 4.79 Å². The third kappa shape index (κ3) is 3.57. The molecule has 2 atom stereocenters. The molecule has 3 heterocycles. The lowest BCUT2D eigenvalue weighted by Gasteiger charge is -2.35. The number of aromatic nitrogens is 2. The summed E-state index contributed by atoms with van der Waals surface area (Å²) in [6.07, 6.45) is 4.41. The largest absolute Gasteiger partial charge is 0.382 e. The van der Waals surface area contributed by atoms with E-state index in [9.17, 15) is 9.18 Å². The number of halogens is 1. The molecular weight excluding hydrogens is 349 g/mol. The molecule has 6 nitrogen and oxygen atoms in total. The molecule has 0 spiro atoms. The molecule has 0 radical (unpaired) electrons. The average Bonchev–Trinajstić information content (AvgIpc) is 3.00. The van der Waals surface area contributed by atoms with Crippen molar-refractivity contribution in [3.8, 4) is 11.4 Å².